The fraction of sp³-hybridized carbons (Fsp3) is 0.400. The maximum atomic E-state index is 11.5. The summed E-state index contributed by atoms with van der Waals surface area (Å²) in [4.78, 5) is 34.1. The average Bonchev–Trinajstić information content (AvgIpc) is 2.50. The molecule has 9 heteroatoms. The second-order valence-corrected chi connectivity index (χ2v) is 4.65. The van der Waals surface area contributed by atoms with Gasteiger partial charge in [-0.05, 0) is 31.5 Å². The highest BCUT2D eigenvalue weighted by molar-refractivity contribution is 5.78. The van der Waals surface area contributed by atoms with Gasteiger partial charge >= 0.3 is 12.3 Å². The van der Waals surface area contributed by atoms with Crippen molar-refractivity contribution in [1.29, 1.82) is 0 Å². The first-order valence-electron chi connectivity index (χ1n) is 7.31. The van der Waals surface area contributed by atoms with Gasteiger partial charge in [0, 0.05) is 6.42 Å². The number of nitrogens with two attached hydrogens (primary N) is 1. The SMILES string of the molecule is CCOC(=O)Oc1ccc(CC([NH3+])C(N)=O)cc1OC(=O)OCC. The molecule has 1 unspecified atom stereocenters. The van der Waals surface area contributed by atoms with Crippen LogP contribution < -0.4 is 20.9 Å². The van der Waals surface area contributed by atoms with Gasteiger partial charge < -0.3 is 30.4 Å². The van der Waals surface area contributed by atoms with Crippen molar-refractivity contribution in [2.24, 2.45) is 5.73 Å². The van der Waals surface area contributed by atoms with Crippen LogP contribution in [0, 0.1) is 0 Å². The molecule has 1 rings (SSSR count). The Morgan fingerprint density at radius 3 is 2.08 bits per heavy atom. The second kappa shape index (κ2) is 9.36. The third-order valence-corrected chi connectivity index (χ3v) is 2.80. The lowest BCUT2D eigenvalue weighted by atomic mass is 10.1. The van der Waals surface area contributed by atoms with Gasteiger partial charge in [-0.15, -0.1) is 0 Å². The number of carbonyl (C=O) groups excluding carboxylic acids is 3. The summed E-state index contributed by atoms with van der Waals surface area (Å²) >= 11 is 0. The summed E-state index contributed by atoms with van der Waals surface area (Å²) in [5.74, 6) is -0.629. The van der Waals surface area contributed by atoms with Gasteiger partial charge in [-0.25, -0.2) is 9.59 Å². The molecule has 0 spiro atoms. The highest BCUT2D eigenvalue weighted by Crippen LogP contribution is 2.29. The Bertz CT molecular complexity index is 603. The van der Waals surface area contributed by atoms with E-state index < -0.39 is 24.3 Å². The van der Waals surface area contributed by atoms with Crippen molar-refractivity contribution in [3.8, 4) is 11.5 Å². The van der Waals surface area contributed by atoms with E-state index in [9.17, 15) is 14.4 Å². The number of primary amides is 1. The molecule has 0 radical (unpaired) electrons. The molecule has 0 aliphatic heterocycles. The Morgan fingerprint density at radius 2 is 1.58 bits per heavy atom. The minimum absolute atomic E-state index is 0.0232. The molecule has 0 heterocycles. The number of rotatable bonds is 7. The zero-order chi connectivity index (χ0) is 18.1. The normalized spacial score (nSPS) is 11.3. The minimum Gasteiger partial charge on any atom is -0.434 e. The molecule has 0 aliphatic carbocycles. The molecule has 24 heavy (non-hydrogen) atoms. The molecule has 1 aromatic carbocycles. The molecule has 0 bridgehead atoms. The predicted octanol–water partition coefficient (Wildman–Crippen LogP) is 0.396. The van der Waals surface area contributed by atoms with Crippen molar-refractivity contribution < 1.29 is 39.1 Å². The molecule has 1 atom stereocenters. The standard InChI is InChI=1S/C15H20N2O7/c1-3-21-14(19)23-11-6-5-9(7-10(16)13(17)18)8-12(11)24-15(20)22-4-2/h5-6,8,10H,3-4,7,16H2,1-2H3,(H2,17,18)/p+1. The molecule has 0 saturated carbocycles. The Labute approximate surface area is 138 Å². The van der Waals surface area contributed by atoms with Gasteiger partial charge in [0.15, 0.2) is 17.5 Å². The first-order chi connectivity index (χ1) is 11.4. The molecule has 1 amide bonds. The Hall–Kier alpha value is -2.81. The third kappa shape index (κ3) is 6.13. The highest BCUT2D eigenvalue weighted by Gasteiger charge is 2.19. The van der Waals surface area contributed by atoms with E-state index in [4.69, 9.17) is 19.9 Å². The van der Waals surface area contributed by atoms with E-state index in [0.29, 0.717) is 5.56 Å². The summed E-state index contributed by atoms with van der Waals surface area (Å²) in [5, 5.41) is 0. The van der Waals surface area contributed by atoms with Crippen LogP contribution in [0.3, 0.4) is 0 Å². The van der Waals surface area contributed by atoms with Gasteiger partial charge in [-0.1, -0.05) is 6.07 Å². The van der Waals surface area contributed by atoms with Crippen LogP contribution in [0.5, 0.6) is 11.5 Å². The average molecular weight is 341 g/mol. The summed E-state index contributed by atoms with van der Waals surface area (Å²) in [7, 11) is 0. The summed E-state index contributed by atoms with van der Waals surface area (Å²) in [6.45, 7) is 3.49. The molecular weight excluding hydrogens is 320 g/mol. The topological polar surface area (TPSA) is 142 Å². The Balaban J connectivity index is 3.02. The molecule has 0 saturated heterocycles. The molecular formula is C15H21N2O7+. The molecule has 9 nitrogen and oxygen atoms in total. The van der Waals surface area contributed by atoms with E-state index in [2.05, 4.69) is 10.5 Å². The predicted molar refractivity (Wildman–Crippen MR) is 81.3 cm³/mol. The zero-order valence-electron chi connectivity index (χ0n) is 13.6. The molecule has 0 aliphatic rings. The van der Waals surface area contributed by atoms with Crippen LogP contribution >= 0.6 is 0 Å². The number of quaternary nitrogens is 1. The van der Waals surface area contributed by atoms with E-state index in [-0.39, 0.29) is 31.1 Å². The van der Waals surface area contributed by atoms with Crippen LogP contribution in [-0.2, 0) is 20.7 Å². The fourth-order valence-corrected chi connectivity index (χ4v) is 1.70. The van der Waals surface area contributed by atoms with Crippen LogP contribution in [-0.4, -0.2) is 37.5 Å². The summed E-state index contributed by atoms with van der Waals surface area (Å²) in [5.41, 5.74) is 9.43. The van der Waals surface area contributed by atoms with E-state index in [0.717, 1.165) is 0 Å². The lowest BCUT2D eigenvalue weighted by Gasteiger charge is -2.12. The van der Waals surface area contributed by atoms with Gasteiger partial charge in [0.2, 0.25) is 0 Å². The van der Waals surface area contributed by atoms with Crippen molar-refractivity contribution in [1.82, 2.24) is 0 Å². The molecule has 1 aromatic rings. The van der Waals surface area contributed by atoms with Gasteiger partial charge in [-0.3, -0.25) is 4.79 Å². The monoisotopic (exact) mass is 341 g/mol. The van der Waals surface area contributed by atoms with E-state index in [1.807, 2.05) is 0 Å². The fourth-order valence-electron chi connectivity index (χ4n) is 1.70. The number of ether oxygens (including phenoxy) is 4. The number of hydrogen-bond acceptors (Lipinski definition) is 7. The minimum atomic E-state index is -0.954. The van der Waals surface area contributed by atoms with Gasteiger partial charge in [0.25, 0.3) is 5.91 Å². The van der Waals surface area contributed by atoms with Gasteiger partial charge in [0.05, 0.1) is 13.2 Å². The van der Waals surface area contributed by atoms with Crippen molar-refractivity contribution in [3.63, 3.8) is 0 Å². The maximum Gasteiger partial charge on any atom is 0.513 e. The van der Waals surface area contributed by atoms with Crippen LogP contribution in [0.4, 0.5) is 9.59 Å². The first kappa shape index (κ1) is 19.2. The van der Waals surface area contributed by atoms with Crippen molar-refractivity contribution in [2.75, 3.05) is 13.2 Å². The van der Waals surface area contributed by atoms with Crippen molar-refractivity contribution >= 4 is 18.2 Å². The third-order valence-electron chi connectivity index (χ3n) is 2.80. The first-order valence-corrected chi connectivity index (χ1v) is 7.31. The van der Waals surface area contributed by atoms with Crippen LogP contribution in [0.2, 0.25) is 0 Å². The zero-order valence-corrected chi connectivity index (χ0v) is 13.6. The summed E-state index contributed by atoms with van der Waals surface area (Å²) < 4.78 is 19.4. The quantitative estimate of drug-likeness (QED) is 0.539. The second-order valence-electron chi connectivity index (χ2n) is 4.65. The Morgan fingerprint density at radius 1 is 1.04 bits per heavy atom. The lowest BCUT2D eigenvalue weighted by molar-refractivity contribution is -0.402. The smallest absolute Gasteiger partial charge is 0.434 e. The molecule has 132 valence electrons. The van der Waals surface area contributed by atoms with E-state index in [1.54, 1.807) is 19.9 Å². The van der Waals surface area contributed by atoms with E-state index in [1.165, 1.54) is 12.1 Å². The lowest BCUT2D eigenvalue weighted by Crippen LogP contribution is -2.67. The van der Waals surface area contributed by atoms with Crippen LogP contribution in [0.1, 0.15) is 19.4 Å². The van der Waals surface area contributed by atoms with Gasteiger partial charge in [0.1, 0.15) is 0 Å². The number of carbonyl (C=O) groups is 3. The molecule has 0 fully saturated rings. The Kier molecular flexibility index (Phi) is 7.50. The van der Waals surface area contributed by atoms with Crippen molar-refractivity contribution in [3.05, 3.63) is 23.8 Å². The molecule has 0 aromatic heterocycles. The molecule has 5 N–H and O–H groups in total. The van der Waals surface area contributed by atoms with E-state index >= 15 is 0 Å². The number of benzene rings is 1. The summed E-state index contributed by atoms with van der Waals surface area (Å²) in [6, 6.07) is 3.78. The van der Waals surface area contributed by atoms with Crippen LogP contribution in [0.15, 0.2) is 18.2 Å². The van der Waals surface area contributed by atoms with Crippen LogP contribution in [0.25, 0.3) is 0 Å². The largest absolute Gasteiger partial charge is 0.513 e. The van der Waals surface area contributed by atoms with Crippen molar-refractivity contribution in [2.45, 2.75) is 26.3 Å². The number of amides is 1. The van der Waals surface area contributed by atoms with Gasteiger partial charge in [-0.2, -0.15) is 0 Å². The summed E-state index contributed by atoms with van der Waals surface area (Å²) in [6.07, 6.45) is -1.66. The highest BCUT2D eigenvalue weighted by atomic mass is 16.7. The maximum absolute atomic E-state index is 11.5. The number of hydrogen-bond donors (Lipinski definition) is 2.